The molecule has 0 aliphatic heterocycles. The summed E-state index contributed by atoms with van der Waals surface area (Å²) >= 11 is 1.54. The summed E-state index contributed by atoms with van der Waals surface area (Å²) in [4.78, 5) is 9.55. The van der Waals surface area contributed by atoms with Crippen molar-refractivity contribution >= 4 is 33.3 Å². The van der Waals surface area contributed by atoms with E-state index in [9.17, 15) is 5.11 Å². The van der Waals surface area contributed by atoms with E-state index in [2.05, 4.69) is 27.6 Å². The maximum absolute atomic E-state index is 10.7. The van der Waals surface area contributed by atoms with Gasteiger partial charge in [0.15, 0.2) is 0 Å². The first-order valence-electron chi connectivity index (χ1n) is 7.28. The zero-order valence-corrected chi connectivity index (χ0v) is 12.9. The monoisotopic (exact) mass is 307 g/mol. The number of nitrogen functional groups attached to an aromatic ring is 1. The third-order valence-corrected chi connectivity index (χ3v) is 4.91. The van der Waals surface area contributed by atoms with Crippen LogP contribution in [0, 0.1) is 5.92 Å². The molecule has 0 amide bonds. The van der Waals surface area contributed by atoms with Gasteiger partial charge in [-0.05, 0) is 30.2 Å². The minimum absolute atomic E-state index is 0.386. The van der Waals surface area contributed by atoms with Crippen molar-refractivity contribution in [1.29, 1.82) is 0 Å². The Hall–Kier alpha value is -1.44. The van der Waals surface area contributed by atoms with Crippen LogP contribution < -0.4 is 16.6 Å². The number of nitrogens with one attached hydrogen (secondary N) is 2. The third kappa shape index (κ3) is 3.09. The zero-order valence-electron chi connectivity index (χ0n) is 12.1. The molecule has 2 aromatic rings. The van der Waals surface area contributed by atoms with E-state index in [1.165, 1.54) is 6.42 Å². The smallest absolute Gasteiger partial charge is 0.240 e. The molecule has 0 radical (unpaired) electrons. The molecule has 21 heavy (non-hydrogen) atoms. The summed E-state index contributed by atoms with van der Waals surface area (Å²) in [5, 5.41) is 16.9. The Morgan fingerprint density at radius 1 is 1.52 bits per heavy atom. The average molecular weight is 307 g/mol. The maximum Gasteiger partial charge on any atom is 0.240 e. The van der Waals surface area contributed by atoms with Gasteiger partial charge in [0.2, 0.25) is 5.95 Å². The second-order valence-electron chi connectivity index (χ2n) is 5.96. The van der Waals surface area contributed by atoms with E-state index in [0.29, 0.717) is 18.4 Å². The van der Waals surface area contributed by atoms with Crippen molar-refractivity contribution in [2.75, 3.05) is 17.3 Å². The van der Waals surface area contributed by atoms with Gasteiger partial charge in [0.1, 0.15) is 10.6 Å². The molecule has 2 aromatic heterocycles. The van der Waals surface area contributed by atoms with E-state index in [0.717, 1.165) is 35.3 Å². The molecule has 0 spiro atoms. The Labute approximate surface area is 127 Å². The Bertz CT molecular complexity index is 631. The van der Waals surface area contributed by atoms with Gasteiger partial charge in [-0.3, -0.25) is 5.43 Å². The lowest BCUT2D eigenvalue weighted by Crippen LogP contribution is -2.41. The number of fused-ring (bicyclic) bond motifs is 1. The van der Waals surface area contributed by atoms with Gasteiger partial charge < -0.3 is 10.4 Å². The Morgan fingerprint density at radius 3 is 3.14 bits per heavy atom. The van der Waals surface area contributed by atoms with Gasteiger partial charge >= 0.3 is 0 Å². The van der Waals surface area contributed by atoms with Gasteiger partial charge in [0, 0.05) is 6.54 Å². The number of nitrogens with two attached hydrogens (primary N) is 1. The fourth-order valence-corrected chi connectivity index (χ4v) is 3.86. The Morgan fingerprint density at radius 2 is 2.38 bits per heavy atom. The van der Waals surface area contributed by atoms with Crippen LogP contribution in [0.5, 0.6) is 0 Å². The fourth-order valence-electron chi connectivity index (χ4n) is 3.10. The molecule has 3 rings (SSSR count). The van der Waals surface area contributed by atoms with Crippen LogP contribution in [0.1, 0.15) is 32.6 Å². The van der Waals surface area contributed by atoms with E-state index >= 15 is 0 Å². The lowest BCUT2D eigenvalue weighted by Gasteiger charge is -2.35. The fraction of sp³-hybridized carbons (Fsp3) is 0.571. The van der Waals surface area contributed by atoms with Crippen LogP contribution in [0.25, 0.3) is 10.2 Å². The van der Waals surface area contributed by atoms with E-state index in [1.807, 2.05) is 11.4 Å². The molecule has 1 aliphatic carbocycles. The standard InChI is InChI=1S/C14H21N5OS/c1-9-3-2-5-14(20,7-9)8-16-11-10-4-6-21-12(10)18-13(17-11)19-15/h4,6,9,20H,2-3,5,7-8,15H2,1H3,(H2,16,17,18,19). The summed E-state index contributed by atoms with van der Waals surface area (Å²) in [5.74, 6) is 7.09. The van der Waals surface area contributed by atoms with Gasteiger partial charge in [-0.1, -0.05) is 19.8 Å². The van der Waals surface area contributed by atoms with Crippen LogP contribution in [0.15, 0.2) is 11.4 Å². The number of hydrazine groups is 1. The summed E-state index contributed by atoms with van der Waals surface area (Å²) in [7, 11) is 0. The normalized spacial score (nSPS) is 26.0. The molecule has 1 saturated carbocycles. The minimum atomic E-state index is -0.652. The van der Waals surface area contributed by atoms with Crippen molar-refractivity contribution in [3.8, 4) is 0 Å². The third-order valence-electron chi connectivity index (χ3n) is 4.11. The topological polar surface area (TPSA) is 96.1 Å². The van der Waals surface area contributed by atoms with Crippen LogP contribution in [-0.4, -0.2) is 27.2 Å². The molecule has 0 aromatic carbocycles. The highest BCUT2D eigenvalue weighted by Gasteiger charge is 2.32. The Balaban J connectivity index is 1.79. The van der Waals surface area contributed by atoms with Crippen LogP contribution in [-0.2, 0) is 0 Å². The van der Waals surface area contributed by atoms with E-state index in [-0.39, 0.29) is 0 Å². The van der Waals surface area contributed by atoms with Crippen molar-refractivity contribution in [1.82, 2.24) is 9.97 Å². The van der Waals surface area contributed by atoms with Crippen molar-refractivity contribution in [3.05, 3.63) is 11.4 Å². The summed E-state index contributed by atoms with van der Waals surface area (Å²) in [6.07, 6.45) is 3.95. The number of rotatable bonds is 4. The van der Waals surface area contributed by atoms with Crippen LogP contribution in [0.4, 0.5) is 11.8 Å². The van der Waals surface area contributed by atoms with Crippen molar-refractivity contribution in [2.45, 2.75) is 38.2 Å². The average Bonchev–Trinajstić information content (AvgIpc) is 2.92. The quantitative estimate of drug-likeness (QED) is 0.511. The summed E-state index contributed by atoms with van der Waals surface area (Å²) < 4.78 is 0. The number of thiophene rings is 1. The predicted molar refractivity (Wildman–Crippen MR) is 86.3 cm³/mol. The molecule has 5 N–H and O–H groups in total. The molecular weight excluding hydrogens is 286 g/mol. The first kappa shape index (κ1) is 14.5. The summed E-state index contributed by atoms with van der Waals surface area (Å²) in [6.45, 7) is 2.70. The van der Waals surface area contributed by atoms with Gasteiger partial charge in [0.05, 0.1) is 11.0 Å². The Kier molecular flexibility index (Phi) is 3.97. The largest absolute Gasteiger partial charge is 0.388 e. The molecule has 7 heteroatoms. The molecule has 0 saturated heterocycles. The van der Waals surface area contributed by atoms with E-state index in [1.54, 1.807) is 11.3 Å². The lowest BCUT2D eigenvalue weighted by atomic mass is 9.79. The van der Waals surface area contributed by atoms with Gasteiger partial charge in [-0.25, -0.2) is 10.8 Å². The number of hydrogen-bond donors (Lipinski definition) is 4. The van der Waals surface area contributed by atoms with E-state index in [4.69, 9.17) is 5.84 Å². The molecule has 2 atom stereocenters. The second kappa shape index (κ2) is 5.75. The molecule has 2 heterocycles. The first-order chi connectivity index (χ1) is 10.1. The highest BCUT2D eigenvalue weighted by Crippen LogP contribution is 2.33. The molecule has 1 fully saturated rings. The van der Waals surface area contributed by atoms with Gasteiger partial charge in [-0.2, -0.15) is 4.98 Å². The van der Waals surface area contributed by atoms with Crippen LogP contribution in [0.3, 0.4) is 0 Å². The molecule has 1 aliphatic rings. The lowest BCUT2D eigenvalue weighted by molar-refractivity contribution is -0.000801. The molecule has 6 nitrogen and oxygen atoms in total. The molecule has 114 valence electrons. The van der Waals surface area contributed by atoms with Crippen LogP contribution in [0.2, 0.25) is 0 Å². The van der Waals surface area contributed by atoms with Gasteiger partial charge in [0.25, 0.3) is 0 Å². The summed E-state index contributed by atoms with van der Waals surface area (Å²) in [6, 6.07) is 1.98. The van der Waals surface area contributed by atoms with Gasteiger partial charge in [-0.15, -0.1) is 11.3 Å². The number of aromatic nitrogens is 2. The minimum Gasteiger partial charge on any atom is -0.388 e. The number of aliphatic hydroxyl groups is 1. The molecular formula is C14H21N5OS. The first-order valence-corrected chi connectivity index (χ1v) is 8.16. The van der Waals surface area contributed by atoms with Crippen molar-refractivity contribution < 1.29 is 5.11 Å². The number of nitrogens with zero attached hydrogens (tertiary/aromatic N) is 2. The SMILES string of the molecule is CC1CCCC(O)(CNc2nc(NN)nc3sccc23)C1. The number of anilines is 2. The molecule has 2 unspecified atom stereocenters. The summed E-state index contributed by atoms with van der Waals surface area (Å²) in [5.41, 5.74) is 1.83. The zero-order chi connectivity index (χ0) is 14.9. The van der Waals surface area contributed by atoms with Crippen molar-refractivity contribution in [2.24, 2.45) is 11.8 Å². The number of hydrogen-bond acceptors (Lipinski definition) is 7. The molecule has 0 bridgehead atoms. The van der Waals surface area contributed by atoms with Crippen molar-refractivity contribution in [3.63, 3.8) is 0 Å². The predicted octanol–water partition coefficient (Wildman–Crippen LogP) is 2.33. The van der Waals surface area contributed by atoms with Crippen LogP contribution >= 0.6 is 11.3 Å². The highest BCUT2D eigenvalue weighted by atomic mass is 32.1. The highest BCUT2D eigenvalue weighted by molar-refractivity contribution is 7.16. The second-order valence-corrected chi connectivity index (χ2v) is 6.85. The van der Waals surface area contributed by atoms with E-state index < -0.39 is 5.60 Å². The maximum atomic E-state index is 10.7.